The van der Waals surface area contributed by atoms with Crippen LogP contribution >= 0.6 is 11.3 Å². The van der Waals surface area contributed by atoms with Gasteiger partial charge in [0.15, 0.2) is 0 Å². The summed E-state index contributed by atoms with van der Waals surface area (Å²) in [5, 5.41) is 6.44. The van der Waals surface area contributed by atoms with Gasteiger partial charge in [0.25, 0.3) is 11.5 Å². The Bertz CT molecular complexity index is 1260. The number of benzene rings is 1. The Labute approximate surface area is 197 Å². The van der Waals surface area contributed by atoms with Gasteiger partial charge in [-0.3, -0.25) is 19.0 Å². The summed E-state index contributed by atoms with van der Waals surface area (Å²) in [7, 11) is 0. The van der Waals surface area contributed by atoms with Gasteiger partial charge in [0, 0.05) is 31.1 Å². The highest BCUT2D eigenvalue weighted by molar-refractivity contribution is 7.20. The van der Waals surface area contributed by atoms with Gasteiger partial charge in [0.05, 0.1) is 10.3 Å². The fourth-order valence-electron chi connectivity index (χ4n) is 4.10. The minimum Gasteiger partial charge on any atom is -0.347 e. The summed E-state index contributed by atoms with van der Waals surface area (Å²) in [6.45, 7) is 6.71. The number of rotatable bonds is 6. The summed E-state index contributed by atoms with van der Waals surface area (Å²) in [6.07, 6.45) is 4.69. The van der Waals surface area contributed by atoms with Crippen molar-refractivity contribution in [1.82, 2.24) is 14.9 Å². The van der Waals surface area contributed by atoms with Gasteiger partial charge in [0.2, 0.25) is 5.91 Å². The molecule has 1 aromatic carbocycles. The molecule has 174 valence electrons. The summed E-state index contributed by atoms with van der Waals surface area (Å²) >= 11 is 1.28. The van der Waals surface area contributed by atoms with E-state index >= 15 is 0 Å². The number of anilines is 1. The number of thiophene rings is 1. The van der Waals surface area contributed by atoms with Crippen molar-refractivity contribution in [2.24, 2.45) is 5.92 Å². The van der Waals surface area contributed by atoms with Crippen molar-refractivity contribution in [3.05, 3.63) is 56.4 Å². The van der Waals surface area contributed by atoms with Gasteiger partial charge >= 0.3 is 0 Å². The lowest BCUT2D eigenvalue weighted by Crippen LogP contribution is -2.25. The van der Waals surface area contributed by atoms with E-state index in [1.807, 2.05) is 45.0 Å². The lowest BCUT2D eigenvalue weighted by atomic mass is 10.1. The third-order valence-electron chi connectivity index (χ3n) is 6.33. The summed E-state index contributed by atoms with van der Waals surface area (Å²) in [5.74, 6) is 0.535. The van der Waals surface area contributed by atoms with Crippen molar-refractivity contribution < 1.29 is 9.59 Å². The molecular formula is C25H30N4O3S. The molecule has 7 nitrogen and oxygen atoms in total. The monoisotopic (exact) mass is 466 g/mol. The van der Waals surface area contributed by atoms with E-state index in [4.69, 9.17) is 4.98 Å². The fraction of sp³-hybridized carbons (Fsp3) is 0.440. The molecular weight excluding hydrogens is 436 g/mol. The highest BCUT2D eigenvalue weighted by atomic mass is 32.1. The Morgan fingerprint density at radius 3 is 2.85 bits per heavy atom. The number of nitrogens with zero attached hydrogens (tertiary/aromatic N) is 2. The number of hydrogen-bond donors (Lipinski definition) is 2. The molecule has 3 heterocycles. The Kier molecular flexibility index (Phi) is 6.93. The smallest absolute Gasteiger partial charge is 0.262 e. The predicted octanol–water partition coefficient (Wildman–Crippen LogP) is 4.41. The summed E-state index contributed by atoms with van der Waals surface area (Å²) in [5.41, 5.74) is 2.26. The molecule has 0 saturated carbocycles. The van der Waals surface area contributed by atoms with Gasteiger partial charge in [-0.15, -0.1) is 11.3 Å². The molecule has 1 aliphatic heterocycles. The SMILES string of the molecule is CCC(C)C(=O)Nc1cccc(CNC(=O)c2sc3nc4n(c(=O)c3c2C)CCCCC4)c1. The van der Waals surface area contributed by atoms with Crippen molar-refractivity contribution in [3.63, 3.8) is 0 Å². The lowest BCUT2D eigenvalue weighted by molar-refractivity contribution is -0.119. The van der Waals surface area contributed by atoms with Crippen molar-refractivity contribution in [2.45, 2.75) is 66.0 Å². The number of amides is 2. The van der Waals surface area contributed by atoms with Crippen LogP contribution in [-0.2, 0) is 24.3 Å². The number of aromatic nitrogens is 2. The predicted molar refractivity (Wildman–Crippen MR) is 132 cm³/mol. The first-order chi connectivity index (χ1) is 15.9. The zero-order valence-corrected chi connectivity index (χ0v) is 20.2. The maximum absolute atomic E-state index is 13.1. The Morgan fingerprint density at radius 1 is 1.24 bits per heavy atom. The van der Waals surface area contributed by atoms with Gasteiger partial charge in [-0.1, -0.05) is 32.4 Å². The zero-order chi connectivity index (χ0) is 23.5. The molecule has 1 aliphatic rings. The molecule has 0 aliphatic carbocycles. The first-order valence-corrected chi connectivity index (χ1v) is 12.4. The Morgan fingerprint density at radius 2 is 2.06 bits per heavy atom. The summed E-state index contributed by atoms with van der Waals surface area (Å²) in [6, 6.07) is 7.46. The average Bonchev–Trinajstić information content (AvgIpc) is 2.97. The quantitative estimate of drug-likeness (QED) is 0.563. The van der Waals surface area contributed by atoms with E-state index in [2.05, 4.69) is 10.6 Å². The molecule has 2 amide bonds. The third-order valence-corrected chi connectivity index (χ3v) is 7.51. The minimum absolute atomic E-state index is 0.0169. The van der Waals surface area contributed by atoms with Crippen LogP contribution in [0.1, 0.15) is 66.2 Å². The molecule has 1 unspecified atom stereocenters. The van der Waals surface area contributed by atoms with E-state index in [9.17, 15) is 14.4 Å². The minimum atomic E-state index is -0.218. The second kappa shape index (κ2) is 9.87. The van der Waals surface area contributed by atoms with Crippen molar-refractivity contribution in [3.8, 4) is 0 Å². The van der Waals surface area contributed by atoms with Crippen LogP contribution in [0.4, 0.5) is 5.69 Å². The molecule has 0 fully saturated rings. The van der Waals surface area contributed by atoms with E-state index in [1.54, 1.807) is 4.57 Å². The van der Waals surface area contributed by atoms with E-state index in [0.717, 1.165) is 43.5 Å². The molecule has 0 saturated heterocycles. The molecule has 8 heteroatoms. The molecule has 1 atom stereocenters. The molecule has 33 heavy (non-hydrogen) atoms. The molecule has 4 rings (SSSR count). The van der Waals surface area contributed by atoms with E-state index in [1.165, 1.54) is 11.3 Å². The largest absolute Gasteiger partial charge is 0.347 e. The number of nitrogens with one attached hydrogen (secondary N) is 2. The van der Waals surface area contributed by atoms with E-state index < -0.39 is 0 Å². The van der Waals surface area contributed by atoms with Gasteiger partial charge < -0.3 is 10.6 Å². The van der Waals surface area contributed by atoms with Gasteiger partial charge in [-0.05, 0) is 49.4 Å². The zero-order valence-electron chi connectivity index (χ0n) is 19.4. The highest BCUT2D eigenvalue weighted by Crippen LogP contribution is 2.28. The topological polar surface area (TPSA) is 93.1 Å². The fourth-order valence-corrected chi connectivity index (χ4v) is 5.21. The molecule has 0 radical (unpaired) electrons. The van der Waals surface area contributed by atoms with Crippen LogP contribution in [0.25, 0.3) is 10.2 Å². The van der Waals surface area contributed by atoms with Gasteiger partial charge in [0.1, 0.15) is 10.7 Å². The summed E-state index contributed by atoms with van der Waals surface area (Å²) in [4.78, 5) is 44.2. The normalized spacial score (nSPS) is 14.4. The van der Waals surface area contributed by atoms with Gasteiger partial charge in [-0.25, -0.2) is 4.98 Å². The van der Waals surface area contributed by atoms with Gasteiger partial charge in [-0.2, -0.15) is 0 Å². The van der Waals surface area contributed by atoms with E-state index in [-0.39, 0.29) is 23.3 Å². The van der Waals surface area contributed by atoms with Crippen LogP contribution in [0.3, 0.4) is 0 Å². The Balaban J connectivity index is 1.51. The van der Waals surface area contributed by atoms with Crippen LogP contribution in [0.5, 0.6) is 0 Å². The number of fused-ring (bicyclic) bond motifs is 2. The molecule has 2 aromatic heterocycles. The molecule has 0 bridgehead atoms. The van der Waals surface area contributed by atoms with Crippen LogP contribution in [0.2, 0.25) is 0 Å². The van der Waals surface area contributed by atoms with E-state index in [0.29, 0.717) is 39.4 Å². The average molecular weight is 467 g/mol. The number of hydrogen-bond acceptors (Lipinski definition) is 5. The molecule has 3 aromatic rings. The second-order valence-corrected chi connectivity index (χ2v) is 9.71. The number of carbonyl (C=O) groups excluding carboxylic acids is 2. The lowest BCUT2D eigenvalue weighted by Gasteiger charge is -2.11. The van der Waals surface area contributed by atoms with Crippen molar-refractivity contribution in [1.29, 1.82) is 0 Å². The van der Waals surface area contributed by atoms with Crippen molar-refractivity contribution in [2.75, 3.05) is 5.32 Å². The standard InChI is InChI=1S/C25H30N4O3S/c1-4-15(2)22(30)27-18-10-8-9-17(13-18)14-26-23(31)21-16(3)20-24(33-21)28-19-11-6-5-7-12-29(19)25(20)32/h8-10,13,15H,4-7,11-12,14H2,1-3H3,(H,26,31)(H,27,30). The molecule has 2 N–H and O–H groups in total. The first-order valence-electron chi connectivity index (χ1n) is 11.6. The second-order valence-electron chi connectivity index (χ2n) is 8.71. The Hall–Kier alpha value is -3.00. The van der Waals surface area contributed by atoms with Crippen LogP contribution in [-0.4, -0.2) is 21.4 Å². The number of aryl methyl sites for hydroxylation is 2. The van der Waals surface area contributed by atoms with Crippen LogP contribution < -0.4 is 16.2 Å². The molecule has 0 spiro atoms. The maximum Gasteiger partial charge on any atom is 0.262 e. The summed E-state index contributed by atoms with van der Waals surface area (Å²) < 4.78 is 1.79. The third kappa shape index (κ3) is 4.85. The highest BCUT2D eigenvalue weighted by Gasteiger charge is 2.22. The van der Waals surface area contributed by atoms with Crippen LogP contribution in [0, 0.1) is 12.8 Å². The first kappa shape index (κ1) is 23.2. The number of carbonyl (C=O) groups is 2. The van der Waals surface area contributed by atoms with Crippen molar-refractivity contribution >= 4 is 39.1 Å². The van der Waals surface area contributed by atoms with Crippen LogP contribution in [0.15, 0.2) is 29.1 Å². The maximum atomic E-state index is 13.1.